The molecule has 1 aromatic heterocycles. The normalized spacial score (nSPS) is 10.2. The van der Waals surface area contributed by atoms with Gasteiger partial charge < -0.3 is 15.2 Å². The lowest BCUT2D eigenvalue weighted by Crippen LogP contribution is -2.13. The summed E-state index contributed by atoms with van der Waals surface area (Å²) in [4.78, 5) is 23.2. The van der Waals surface area contributed by atoms with Gasteiger partial charge in [-0.25, -0.2) is 4.79 Å². The third-order valence-corrected chi connectivity index (χ3v) is 4.04. The van der Waals surface area contributed by atoms with E-state index in [0.29, 0.717) is 11.3 Å². The number of rotatable bonds is 4. The number of benzene rings is 1. The number of methoxy groups -OCH3 is 1. The zero-order valence-electron chi connectivity index (χ0n) is 11.3. The molecule has 0 aliphatic heterocycles. The summed E-state index contributed by atoms with van der Waals surface area (Å²) in [6, 6.07) is 2.64. The maximum Gasteiger partial charge on any atom is 0.339 e. The first kappa shape index (κ1) is 15.3. The summed E-state index contributed by atoms with van der Waals surface area (Å²) in [6.07, 6.45) is 0. The van der Waals surface area contributed by atoms with Crippen LogP contribution in [0.25, 0.3) is 0 Å². The summed E-state index contributed by atoms with van der Waals surface area (Å²) >= 11 is 7.44. The van der Waals surface area contributed by atoms with Crippen LogP contribution in [0, 0.1) is 6.92 Å². The summed E-state index contributed by atoms with van der Waals surface area (Å²) in [5.74, 6) is -1.33. The summed E-state index contributed by atoms with van der Waals surface area (Å²) in [7, 11) is 1.35. The number of thiophene rings is 1. The van der Waals surface area contributed by atoms with Crippen LogP contribution in [0.4, 0.5) is 5.69 Å². The van der Waals surface area contributed by atoms with Gasteiger partial charge in [-0.3, -0.25) is 4.79 Å². The number of ether oxygens (including phenoxy) is 1. The molecule has 110 valence electrons. The molecule has 0 aliphatic carbocycles. The van der Waals surface area contributed by atoms with E-state index in [0.717, 1.165) is 5.56 Å². The van der Waals surface area contributed by atoms with Crippen molar-refractivity contribution in [3.63, 3.8) is 0 Å². The summed E-state index contributed by atoms with van der Waals surface area (Å²) < 4.78 is 5.01. The molecular weight excluding hydrogens is 314 g/mol. The average Bonchev–Trinajstić information content (AvgIpc) is 2.86. The number of hydrogen-bond acceptors (Lipinski definition) is 4. The molecule has 0 bridgehead atoms. The molecular formula is C14H12ClNO4S. The van der Waals surface area contributed by atoms with E-state index in [1.165, 1.54) is 30.6 Å². The molecule has 0 spiro atoms. The fourth-order valence-corrected chi connectivity index (χ4v) is 2.81. The lowest BCUT2D eigenvalue weighted by atomic mass is 10.1. The maximum atomic E-state index is 12.1. The number of carbonyl (C=O) groups excluding carboxylic acids is 1. The number of carboxylic acids is 1. The minimum Gasteiger partial charge on any atom is -0.496 e. The van der Waals surface area contributed by atoms with Crippen LogP contribution in [0.15, 0.2) is 22.9 Å². The number of aromatic carboxylic acids is 1. The van der Waals surface area contributed by atoms with Crippen LogP contribution in [-0.4, -0.2) is 24.1 Å². The maximum absolute atomic E-state index is 12.1. The Morgan fingerprint density at radius 3 is 2.52 bits per heavy atom. The number of carboxylic acid groups (broad SMARTS) is 1. The molecule has 0 fully saturated rings. The van der Waals surface area contributed by atoms with Crippen LogP contribution in [0.1, 0.15) is 26.3 Å². The van der Waals surface area contributed by atoms with Gasteiger partial charge >= 0.3 is 5.97 Å². The van der Waals surface area contributed by atoms with Crippen LogP contribution in [-0.2, 0) is 0 Å². The van der Waals surface area contributed by atoms with Gasteiger partial charge in [0.15, 0.2) is 0 Å². The average molecular weight is 326 g/mol. The van der Waals surface area contributed by atoms with Gasteiger partial charge in [0.25, 0.3) is 5.91 Å². The van der Waals surface area contributed by atoms with Crippen LogP contribution in [0.5, 0.6) is 5.75 Å². The number of halogens is 1. The molecule has 0 aliphatic rings. The number of amides is 1. The van der Waals surface area contributed by atoms with Gasteiger partial charge in [-0.1, -0.05) is 11.6 Å². The Hall–Kier alpha value is -2.05. The van der Waals surface area contributed by atoms with Crippen LogP contribution in [0.3, 0.4) is 0 Å². The number of aryl methyl sites for hydroxylation is 1. The second kappa shape index (κ2) is 6.15. The van der Waals surface area contributed by atoms with E-state index < -0.39 is 5.97 Å². The number of carbonyl (C=O) groups is 2. The van der Waals surface area contributed by atoms with Crippen molar-refractivity contribution in [1.82, 2.24) is 0 Å². The van der Waals surface area contributed by atoms with Crippen molar-refractivity contribution < 1.29 is 19.4 Å². The van der Waals surface area contributed by atoms with E-state index in [-0.39, 0.29) is 22.2 Å². The predicted octanol–water partition coefficient (Wildman–Crippen LogP) is 3.67. The van der Waals surface area contributed by atoms with Crippen molar-refractivity contribution >= 4 is 40.5 Å². The molecule has 1 heterocycles. The lowest BCUT2D eigenvalue weighted by Gasteiger charge is -2.11. The van der Waals surface area contributed by atoms with Gasteiger partial charge in [0.05, 0.1) is 23.4 Å². The number of nitrogens with one attached hydrogen (secondary N) is 1. The molecule has 0 unspecified atom stereocenters. The highest BCUT2D eigenvalue weighted by Crippen LogP contribution is 2.31. The highest BCUT2D eigenvalue weighted by atomic mass is 35.5. The summed E-state index contributed by atoms with van der Waals surface area (Å²) in [6.45, 7) is 1.83. The first-order chi connectivity index (χ1) is 9.93. The van der Waals surface area contributed by atoms with Gasteiger partial charge in [-0.05, 0) is 23.9 Å². The molecule has 0 atom stereocenters. The number of hydrogen-bond donors (Lipinski definition) is 2. The first-order valence-electron chi connectivity index (χ1n) is 5.89. The largest absolute Gasteiger partial charge is 0.496 e. The Bertz CT molecular complexity index is 711. The molecule has 0 saturated heterocycles. The molecule has 0 radical (unpaired) electrons. The zero-order valence-corrected chi connectivity index (χ0v) is 12.8. The summed E-state index contributed by atoms with van der Waals surface area (Å²) in [5, 5.41) is 15.5. The van der Waals surface area contributed by atoms with Crippen molar-refractivity contribution in [2.24, 2.45) is 0 Å². The number of anilines is 1. The van der Waals surface area contributed by atoms with E-state index >= 15 is 0 Å². The molecule has 2 rings (SSSR count). The topological polar surface area (TPSA) is 75.6 Å². The van der Waals surface area contributed by atoms with E-state index in [1.54, 1.807) is 5.38 Å². The fraction of sp³-hybridized carbons (Fsp3) is 0.143. The zero-order chi connectivity index (χ0) is 15.6. The van der Waals surface area contributed by atoms with Crippen molar-refractivity contribution in [2.75, 3.05) is 12.4 Å². The Kier molecular flexibility index (Phi) is 4.50. The van der Waals surface area contributed by atoms with E-state index in [9.17, 15) is 9.59 Å². The Labute approximate surface area is 130 Å². The van der Waals surface area contributed by atoms with Crippen LogP contribution in [0.2, 0.25) is 5.02 Å². The minimum atomic E-state index is -1.15. The van der Waals surface area contributed by atoms with Gasteiger partial charge in [-0.15, -0.1) is 0 Å². The molecule has 2 aromatic rings. The molecule has 21 heavy (non-hydrogen) atoms. The van der Waals surface area contributed by atoms with E-state index in [4.69, 9.17) is 21.4 Å². The Morgan fingerprint density at radius 1 is 1.29 bits per heavy atom. The van der Waals surface area contributed by atoms with Gasteiger partial charge in [0, 0.05) is 11.4 Å². The van der Waals surface area contributed by atoms with Crippen LogP contribution < -0.4 is 10.1 Å². The van der Waals surface area contributed by atoms with E-state index in [1.807, 2.05) is 12.3 Å². The quantitative estimate of drug-likeness (QED) is 0.899. The second-order valence-electron chi connectivity index (χ2n) is 4.26. The SMILES string of the molecule is COc1cc(NC(=O)c2cscc2C)c(Cl)cc1C(=O)O. The third-order valence-electron chi connectivity index (χ3n) is 2.87. The molecule has 7 heteroatoms. The standard InChI is InChI=1S/C14H12ClNO4S/c1-7-5-21-6-9(7)13(17)16-11-4-12(20-2)8(14(18)19)3-10(11)15/h3-6H,1-2H3,(H,16,17)(H,18,19). The van der Waals surface area contributed by atoms with Gasteiger partial charge in [0.2, 0.25) is 0 Å². The third kappa shape index (κ3) is 3.17. The lowest BCUT2D eigenvalue weighted by molar-refractivity contribution is 0.0693. The highest BCUT2D eigenvalue weighted by Gasteiger charge is 2.17. The molecule has 5 nitrogen and oxygen atoms in total. The Balaban J connectivity index is 2.35. The first-order valence-corrected chi connectivity index (χ1v) is 7.21. The predicted molar refractivity (Wildman–Crippen MR) is 82.0 cm³/mol. The highest BCUT2D eigenvalue weighted by molar-refractivity contribution is 7.08. The van der Waals surface area contributed by atoms with E-state index in [2.05, 4.69) is 5.32 Å². The smallest absolute Gasteiger partial charge is 0.339 e. The van der Waals surface area contributed by atoms with Crippen molar-refractivity contribution in [2.45, 2.75) is 6.92 Å². The molecule has 2 N–H and O–H groups in total. The molecule has 0 saturated carbocycles. The van der Waals surface area contributed by atoms with Gasteiger partial charge in [-0.2, -0.15) is 11.3 Å². The van der Waals surface area contributed by atoms with Crippen molar-refractivity contribution in [3.8, 4) is 5.75 Å². The summed E-state index contributed by atoms with van der Waals surface area (Å²) in [5.41, 5.74) is 1.65. The second-order valence-corrected chi connectivity index (χ2v) is 5.41. The van der Waals surface area contributed by atoms with Crippen molar-refractivity contribution in [1.29, 1.82) is 0 Å². The fourth-order valence-electron chi connectivity index (χ4n) is 1.77. The molecule has 1 amide bonds. The monoisotopic (exact) mass is 325 g/mol. The van der Waals surface area contributed by atoms with Crippen molar-refractivity contribution in [3.05, 3.63) is 44.6 Å². The minimum absolute atomic E-state index is 0.0628. The van der Waals surface area contributed by atoms with Crippen LogP contribution >= 0.6 is 22.9 Å². The van der Waals surface area contributed by atoms with Gasteiger partial charge in [0.1, 0.15) is 11.3 Å². The molecule has 1 aromatic carbocycles. The Morgan fingerprint density at radius 2 is 2.00 bits per heavy atom.